The number of rotatable bonds is 5. The van der Waals surface area contributed by atoms with E-state index in [1.807, 2.05) is 44.2 Å². The zero-order chi connectivity index (χ0) is 22.8. The SMILES string of the molecule is COc1ccccc1NC(=O)CSC1=NC2NNC(C)C2C(=N)N1c1ccc(C)c(Cl)c1. The highest BCUT2D eigenvalue weighted by molar-refractivity contribution is 8.14. The molecule has 0 spiro atoms. The highest BCUT2D eigenvalue weighted by Crippen LogP contribution is 2.33. The zero-order valence-electron chi connectivity index (χ0n) is 18.0. The number of nitrogens with zero attached hydrogens (tertiary/aromatic N) is 2. The Hall–Kier alpha value is -2.59. The topological polar surface area (TPSA) is 102 Å². The lowest BCUT2D eigenvalue weighted by atomic mass is 9.97. The summed E-state index contributed by atoms with van der Waals surface area (Å²) in [6.07, 6.45) is -0.269. The van der Waals surface area contributed by atoms with Crippen molar-refractivity contribution in [1.82, 2.24) is 10.9 Å². The molecule has 1 amide bonds. The van der Waals surface area contributed by atoms with Gasteiger partial charge in [-0.1, -0.05) is 41.6 Å². The minimum absolute atomic E-state index is 0.0417. The van der Waals surface area contributed by atoms with Crippen LogP contribution in [0.25, 0.3) is 0 Å². The number of halogens is 1. The molecule has 0 radical (unpaired) electrons. The summed E-state index contributed by atoms with van der Waals surface area (Å²) >= 11 is 7.65. The number of hydrogen-bond acceptors (Lipinski definition) is 7. The number of anilines is 2. The molecule has 10 heteroatoms. The first-order valence-electron chi connectivity index (χ1n) is 10.2. The number of hydrazine groups is 1. The van der Waals surface area contributed by atoms with Crippen molar-refractivity contribution < 1.29 is 9.53 Å². The average Bonchev–Trinajstić information content (AvgIpc) is 3.15. The van der Waals surface area contributed by atoms with Crippen LogP contribution in [0.1, 0.15) is 12.5 Å². The van der Waals surface area contributed by atoms with Crippen molar-refractivity contribution in [2.45, 2.75) is 26.1 Å². The predicted molar refractivity (Wildman–Crippen MR) is 131 cm³/mol. The van der Waals surface area contributed by atoms with Gasteiger partial charge in [0.2, 0.25) is 5.91 Å². The maximum Gasteiger partial charge on any atom is 0.234 e. The van der Waals surface area contributed by atoms with Gasteiger partial charge >= 0.3 is 0 Å². The van der Waals surface area contributed by atoms with Crippen LogP contribution in [0.5, 0.6) is 5.75 Å². The second-order valence-electron chi connectivity index (χ2n) is 7.65. The van der Waals surface area contributed by atoms with Crippen LogP contribution in [-0.4, -0.2) is 42.0 Å². The van der Waals surface area contributed by atoms with Crippen LogP contribution in [-0.2, 0) is 4.79 Å². The molecule has 8 nitrogen and oxygen atoms in total. The third kappa shape index (κ3) is 4.47. The summed E-state index contributed by atoms with van der Waals surface area (Å²) in [6, 6.07) is 13.0. The summed E-state index contributed by atoms with van der Waals surface area (Å²) in [5.41, 5.74) is 8.62. The number of methoxy groups -OCH3 is 1. The predicted octanol–water partition coefficient (Wildman–Crippen LogP) is 3.62. The van der Waals surface area contributed by atoms with E-state index in [0.717, 1.165) is 11.3 Å². The van der Waals surface area contributed by atoms with E-state index in [0.29, 0.717) is 27.5 Å². The number of benzene rings is 2. The summed E-state index contributed by atoms with van der Waals surface area (Å²) in [6.45, 7) is 3.95. The Bertz CT molecular complexity index is 1080. The number of para-hydroxylation sites is 2. The molecule has 2 aliphatic heterocycles. The van der Waals surface area contributed by atoms with Crippen LogP contribution in [0.3, 0.4) is 0 Å². The van der Waals surface area contributed by atoms with Crippen molar-refractivity contribution >= 4 is 51.6 Å². The first-order valence-corrected chi connectivity index (χ1v) is 11.5. The number of amides is 1. The molecule has 2 aromatic rings. The molecule has 3 unspecified atom stereocenters. The molecule has 1 saturated heterocycles. The fourth-order valence-electron chi connectivity index (χ4n) is 3.73. The highest BCUT2D eigenvalue weighted by atomic mass is 35.5. The number of thioether (sulfide) groups is 1. The van der Waals surface area contributed by atoms with Crippen LogP contribution >= 0.6 is 23.4 Å². The standard InChI is InChI=1S/C22H25ClN6O2S/c1-12-8-9-14(10-15(12)23)29-20(24)19-13(2)27-28-21(19)26-22(29)32-11-18(30)25-16-6-4-5-7-17(16)31-3/h4-10,13,19,21,24,27-28H,11H2,1-3H3,(H,25,30). The molecule has 0 aliphatic carbocycles. The van der Waals surface area contributed by atoms with Crippen LogP contribution in [0.2, 0.25) is 5.02 Å². The Morgan fingerprint density at radius 2 is 2.09 bits per heavy atom. The Morgan fingerprint density at radius 1 is 1.31 bits per heavy atom. The first-order chi connectivity index (χ1) is 15.4. The molecule has 0 bridgehead atoms. The minimum atomic E-state index is -0.269. The molecule has 0 saturated carbocycles. The van der Waals surface area contributed by atoms with Crippen LogP contribution in [0, 0.1) is 18.3 Å². The zero-order valence-corrected chi connectivity index (χ0v) is 19.6. The molecule has 168 valence electrons. The van der Waals surface area contributed by atoms with Crippen LogP contribution in [0.15, 0.2) is 47.5 Å². The molecular formula is C22H25ClN6O2S. The number of hydrogen-bond donors (Lipinski definition) is 4. The number of carbonyl (C=O) groups excluding carboxylic acids is 1. The number of aliphatic imine (C=N–C) groups is 1. The first kappa shape index (κ1) is 22.6. The molecule has 2 heterocycles. The van der Waals surface area contributed by atoms with Crippen molar-refractivity contribution in [3.63, 3.8) is 0 Å². The number of fused-ring (bicyclic) bond motifs is 1. The van der Waals surface area contributed by atoms with Crippen molar-refractivity contribution in [3.8, 4) is 5.75 Å². The number of amidine groups is 2. The molecule has 32 heavy (non-hydrogen) atoms. The molecule has 0 aromatic heterocycles. The van der Waals surface area contributed by atoms with Gasteiger partial charge in [0, 0.05) is 11.1 Å². The van der Waals surface area contributed by atoms with Crippen LogP contribution in [0.4, 0.5) is 11.4 Å². The highest BCUT2D eigenvalue weighted by Gasteiger charge is 2.43. The normalized spacial score (nSPS) is 22.4. The van der Waals surface area contributed by atoms with Gasteiger partial charge in [0.25, 0.3) is 0 Å². The maximum absolute atomic E-state index is 12.7. The number of carbonyl (C=O) groups is 1. The smallest absolute Gasteiger partial charge is 0.234 e. The number of nitrogens with one attached hydrogen (secondary N) is 4. The second-order valence-corrected chi connectivity index (χ2v) is 9.00. The van der Waals surface area contributed by atoms with Crippen molar-refractivity contribution in [1.29, 1.82) is 5.41 Å². The van der Waals surface area contributed by atoms with E-state index in [-0.39, 0.29) is 29.8 Å². The average molecular weight is 473 g/mol. The van der Waals surface area contributed by atoms with E-state index in [2.05, 4.69) is 16.2 Å². The Labute approximate surface area is 196 Å². The lowest BCUT2D eigenvalue weighted by molar-refractivity contribution is -0.113. The van der Waals surface area contributed by atoms with Gasteiger partial charge in [-0.25, -0.2) is 10.4 Å². The molecular weight excluding hydrogens is 448 g/mol. The van der Waals surface area contributed by atoms with Gasteiger partial charge in [-0.15, -0.1) is 0 Å². The summed E-state index contributed by atoms with van der Waals surface area (Å²) in [4.78, 5) is 19.2. The molecule has 2 aromatic carbocycles. The lowest BCUT2D eigenvalue weighted by Gasteiger charge is -2.36. The van der Waals surface area contributed by atoms with Gasteiger partial charge in [-0.2, -0.15) is 0 Å². The van der Waals surface area contributed by atoms with Crippen LogP contribution < -0.4 is 25.8 Å². The summed E-state index contributed by atoms with van der Waals surface area (Å²) in [5.74, 6) is 0.797. The molecule has 3 atom stereocenters. The van der Waals surface area contributed by atoms with E-state index in [9.17, 15) is 4.79 Å². The fourth-order valence-corrected chi connectivity index (χ4v) is 4.76. The summed E-state index contributed by atoms with van der Waals surface area (Å²) in [5, 5.41) is 13.0. The molecule has 4 N–H and O–H groups in total. The van der Waals surface area contributed by atoms with Crippen molar-refractivity contribution in [3.05, 3.63) is 53.1 Å². The van der Waals surface area contributed by atoms with E-state index in [1.54, 1.807) is 24.1 Å². The Balaban J connectivity index is 1.56. The Morgan fingerprint density at radius 3 is 2.84 bits per heavy atom. The van der Waals surface area contributed by atoms with Gasteiger partial charge < -0.3 is 10.1 Å². The molecule has 2 aliphatic rings. The summed E-state index contributed by atoms with van der Waals surface area (Å²) < 4.78 is 5.30. The van der Waals surface area contributed by atoms with Crippen molar-refractivity contribution in [2.24, 2.45) is 10.9 Å². The fraction of sp³-hybridized carbons (Fsp3) is 0.318. The third-order valence-corrected chi connectivity index (χ3v) is 6.82. The van der Waals surface area contributed by atoms with Gasteiger partial charge in [0.05, 0.1) is 30.2 Å². The third-order valence-electron chi connectivity index (χ3n) is 5.46. The van der Waals surface area contributed by atoms with Gasteiger partial charge in [-0.05, 0) is 43.7 Å². The second kappa shape index (κ2) is 9.50. The summed E-state index contributed by atoms with van der Waals surface area (Å²) in [7, 11) is 1.56. The van der Waals surface area contributed by atoms with E-state index in [1.165, 1.54) is 11.8 Å². The number of aryl methyl sites for hydroxylation is 1. The lowest BCUT2D eigenvalue weighted by Crippen LogP contribution is -2.50. The molecule has 1 fully saturated rings. The monoisotopic (exact) mass is 472 g/mol. The number of ether oxygens (including phenoxy) is 1. The minimum Gasteiger partial charge on any atom is -0.495 e. The molecule has 4 rings (SSSR count). The van der Waals surface area contributed by atoms with Gasteiger partial charge in [0.15, 0.2) is 5.17 Å². The quantitative estimate of drug-likeness (QED) is 0.530. The maximum atomic E-state index is 12.7. The van der Waals surface area contributed by atoms with E-state index < -0.39 is 0 Å². The van der Waals surface area contributed by atoms with E-state index in [4.69, 9.17) is 26.7 Å². The van der Waals surface area contributed by atoms with Gasteiger partial charge in [0.1, 0.15) is 17.8 Å². The van der Waals surface area contributed by atoms with Gasteiger partial charge in [-0.3, -0.25) is 20.5 Å². The van der Waals surface area contributed by atoms with Crippen molar-refractivity contribution in [2.75, 3.05) is 23.1 Å². The Kier molecular flexibility index (Phi) is 6.71. The largest absolute Gasteiger partial charge is 0.495 e. The van der Waals surface area contributed by atoms with E-state index >= 15 is 0 Å².